The second-order valence-electron chi connectivity index (χ2n) is 6.51. The van der Waals surface area contributed by atoms with E-state index in [0.29, 0.717) is 6.04 Å². The first-order valence-electron chi connectivity index (χ1n) is 8.04. The maximum absolute atomic E-state index is 12.3. The van der Waals surface area contributed by atoms with Crippen LogP contribution in [0.15, 0.2) is 18.2 Å². The van der Waals surface area contributed by atoms with Gasteiger partial charge in [-0.3, -0.25) is 9.69 Å². The molecule has 1 aliphatic rings. The number of likely N-dealkylation sites (N-methyl/N-ethyl adjacent to an activating group) is 1. The van der Waals surface area contributed by atoms with Crippen molar-refractivity contribution in [3.05, 3.63) is 34.9 Å². The largest absolute Gasteiger partial charge is 0.352 e. The van der Waals surface area contributed by atoms with Gasteiger partial charge in [-0.2, -0.15) is 0 Å². The number of benzene rings is 1. The fourth-order valence-corrected chi connectivity index (χ4v) is 3.02. The summed E-state index contributed by atoms with van der Waals surface area (Å²) >= 11 is 0. The number of nitrogens with zero attached hydrogens (tertiary/aromatic N) is 1. The first-order chi connectivity index (χ1) is 9.97. The molecule has 1 aromatic rings. The Morgan fingerprint density at radius 1 is 1.33 bits per heavy atom. The van der Waals surface area contributed by atoms with Crippen molar-refractivity contribution in [1.82, 2.24) is 10.2 Å². The molecule has 0 aromatic heterocycles. The molecule has 1 atom stereocenters. The standard InChI is InChI=1S/C18H28N2O/c1-13-9-10-16(14(2)11-13)12-20(4)15(3)18(21)19-17-7-5-6-8-17/h9-11,15,17H,5-8,12H2,1-4H3,(H,19,21). The molecule has 21 heavy (non-hydrogen) atoms. The fourth-order valence-electron chi connectivity index (χ4n) is 3.02. The number of hydrogen-bond acceptors (Lipinski definition) is 2. The van der Waals surface area contributed by atoms with Crippen LogP contribution in [0.25, 0.3) is 0 Å². The zero-order valence-electron chi connectivity index (χ0n) is 13.8. The van der Waals surface area contributed by atoms with Crippen LogP contribution in [0.2, 0.25) is 0 Å². The highest BCUT2D eigenvalue weighted by atomic mass is 16.2. The van der Waals surface area contributed by atoms with Crippen LogP contribution in [0.3, 0.4) is 0 Å². The lowest BCUT2D eigenvalue weighted by Crippen LogP contribution is -2.46. The number of amides is 1. The third-order valence-electron chi connectivity index (χ3n) is 4.66. The highest BCUT2D eigenvalue weighted by molar-refractivity contribution is 5.81. The Balaban J connectivity index is 1.91. The van der Waals surface area contributed by atoms with Gasteiger partial charge in [0, 0.05) is 12.6 Å². The number of rotatable bonds is 5. The van der Waals surface area contributed by atoms with E-state index in [1.165, 1.54) is 29.5 Å². The van der Waals surface area contributed by atoms with Crippen LogP contribution in [0.1, 0.15) is 49.3 Å². The molecule has 1 aromatic carbocycles. The molecule has 0 heterocycles. The number of hydrogen-bond donors (Lipinski definition) is 1. The zero-order valence-corrected chi connectivity index (χ0v) is 13.8. The number of nitrogens with one attached hydrogen (secondary N) is 1. The van der Waals surface area contributed by atoms with Crippen molar-refractivity contribution in [2.45, 2.75) is 65.1 Å². The molecular formula is C18H28N2O. The van der Waals surface area contributed by atoms with Gasteiger partial charge in [-0.15, -0.1) is 0 Å². The SMILES string of the molecule is Cc1ccc(CN(C)C(C)C(=O)NC2CCCC2)c(C)c1. The van der Waals surface area contributed by atoms with Crippen molar-refractivity contribution < 1.29 is 4.79 Å². The molecule has 1 saturated carbocycles. The summed E-state index contributed by atoms with van der Waals surface area (Å²) in [4.78, 5) is 14.4. The molecule has 3 heteroatoms. The number of carbonyl (C=O) groups is 1. The van der Waals surface area contributed by atoms with E-state index in [0.717, 1.165) is 19.4 Å². The highest BCUT2D eigenvalue weighted by Crippen LogP contribution is 2.18. The summed E-state index contributed by atoms with van der Waals surface area (Å²) in [7, 11) is 2.03. The third kappa shape index (κ3) is 4.31. The van der Waals surface area contributed by atoms with Crippen LogP contribution in [-0.2, 0) is 11.3 Å². The van der Waals surface area contributed by atoms with Crippen LogP contribution in [0.5, 0.6) is 0 Å². The Hall–Kier alpha value is -1.35. The van der Waals surface area contributed by atoms with E-state index in [4.69, 9.17) is 0 Å². The molecule has 0 bridgehead atoms. The van der Waals surface area contributed by atoms with Gasteiger partial charge in [-0.05, 0) is 51.8 Å². The van der Waals surface area contributed by atoms with E-state index < -0.39 is 0 Å². The lowest BCUT2D eigenvalue weighted by molar-refractivity contribution is -0.126. The van der Waals surface area contributed by atoms with Gasteiger partial charge in [0.05, 0.1) is 6.04 Å². The molecule has 0 aliphatic heterocycles. The molecule has 2 rings (SSSR count). The Morgan fingerprint density at radius 2 is 2.00 bits per heavy atom. The Morgan fingerprint density at radius 3 is 2.62 bits per heavy atom. The minimum absolute atomic E-state index is 0.0914. The van der Waals surface area contributed by atoms with Gasteiger partial charge in [0.25, 0.3) is 0 Å². The molecule has 116 valence electrons. The van der Waals surface area contributed by atoms with Crippen LogP contribution < -0.4 is 5.32 Å². The maximum Gasteiger partial charge on any atom is 0.237 e. The first kappa shape index (κ1) is 16.0. The Kier molecular flexibility index (Phi) is 5.40. The number of aryl methyl sites for hydroxylation is 2. The summed E-state index contributed by atoms with van der Waals surface area (Å²) < 4.78 is 0. The topological polar surface area (TPSA) is 32.3 Å². The number of carbonyl (C=O) groups excluding carboxylic acids is 1. The molecule has 1 N–H and O–H groups in total. The minimum Gasteiger partial charge on any atom is -0.352 e. The molecule has 1 unspecified atom stereocenters. The Labute approximate surface area is 128 Å². The summed E-state index contributed by atoms with van der Waals surface area (Å²) in [6.07, 6.45) is 4.77. The summed E-state index contributed by atoms with van der Waals surface area (Å²) in [5, 5.41) is 3.19. The second-order valence-corrected chi connectivity index (χ2v) is 6.51. The molecular weight excluding hydrogens is 260 g/mol. The van der Waals surface area contributed by atoms with Crippen molar-refractivity contribution in [3.63, 3.8) is 0 Å². The van der Waals surface area contributed by atoms with E-state index >= 15 is 0 Å². The molecule has 1 aliphatic carbocycles. The van der Waals surface area contributed by atoms with Crippen LogP contribution >= 0.6 is 0 Å². The highest BCUT2D eigenvalue weighted by Gasteiger charge is 2.23. The van der Waals surface area contributed by atoms with Gasteiger partial charge in [0.15, 0.2) is 0 Å². The predicted molar refractivity (Wildman–Crippen MR) is 87.2 cm³/mol. The Bertz CT molecular complexity index is 492. The first-order valence-corrected chi connectivity index (χ1v) is 8.04. The van der Waals surface area contributed by atoms with Gasteiger partial charge >= 0.3 is 0 Å². The normalized spacial score (nSPS) is 17.2. The van der Waals surface area contributed by atoms with Gasteiger partial charge in [0.2, 0.25) is 5.91 Å². The van der Waals surface area contributed by atoms with E-state index in [1.54, 1.807) is 0 Å². The van der Waals surface area contributed by atoms with Crippen molar-refractivity contribution in [3.8, 4) is 0 Å². The summed E-state index contributed by atoms with van der Waals surface area (Å²) in [6, 6.07) is 6.81. The van der Waals surface area contributed by atoms with Gasteiger partial charge in [-0.1, -0.05) is 36.6 Å². The fraction of sp³-hybridized carbons (Fsp3) is 0.611. The lowest BCUT2D eigenvalue weighted by atomic mass is 10.0. The van der Waals surface area contributed by atoms with E-state index in [-0.39, 0.29) is 11.9 Å². The lowest BCUT2D eigenvalue weighted by Gasteiger charge is -2.26. The van der Waals surface area contributed by atoms with E-state index in [2.05, 4.69) is 42.3 Å². The van der Waals surface area contributed by atoms with Gasteiger partial charge in [0.1, 0.15) is 0 Å². The quantitative estimate of drug-likeness (QED) is 0.902. The summed E-state index contributed by atoms with van der Waals surface area (Å²) in [5.41, 5.74) is 3.87. The van der Waals surface area contributed by atoms with Crippen molar-refractivity contribution in [2.75, 3.05) is 7.05 Å². The maximum atomic E-state index is 12.3. The van der Waals surface area contributed by atoms with Gasteiger partial charge in [-0.25, -0.2) is 0 Å². The van der Waals surface area contributed by atoms with E-state index in [9.17, 15) is 4.79 Å². The summed E-state index contributed by atoms with van der Waals surface area (Å²) in [5.74, 6) is 0.161. The van der Waals surface area contributed by atoms with E-state index in [1.807, 2.05) is 14.0 Å². The minimum atomic E-state index is -0.0914. The average molecular weight is 288 g/mol. The van der Waals surface area contributed by atoms with Crippen molar-refractivity contribution in [2.24, 2.45) is 0 Å². The van der Waals surface area contributed by atoms with Gasteiger partial charge < -0.3 is 5.32 Å². The monoisotopic (exact) mass is 288 g/mol. The molecule has 1 fully saturated rings. The predicted octanol–water partition coefficient (Wildman–Crippen LogP) is 3.18. The molecule has 0 saturated heterocycles. The molecule has 3 nitrogen and oxygen atoms in total. The van der Waals surface area contributed by atoms with Crippen LogP contribution in [0.4, 0.5) is 0 Å². The van der Waals surface area contributed by atoms with Crippen molar-refractivity contribution in [1.29, 1.82) is 0 Å². The molecule has 0 radical (unpaired) electrons. The van der Waals surface area contributed by atoms with Crippen molar-refractivity contribution >= 4 is 5.91 Å². The molecule has 1 amide bonds. The average Bonchev–Trinajstić information content (AvgIpc) is 2.93. The smallest absolute Gasteiger partial charge is 0.237 e. The third-order valence-corrected chi connectivity index (χ3v) is 4.66. The molecule has 0 spiro atoms. The summed E-state index contributed by atoms with van der Waals surface area (Å²) in [6.45, 7) is 7.05. The van der Waals surface area contributed by atoms with Crippen LogP contribution in [0, 0.1) is 13.8 Å². The second kappa shape index (κ2) is 7.08. The zero-order chi connectivity index (χ0) is 15.4. The van der Waals surface area contributed by atoms with Crippen LogP contribution in [-0.4, -0.2) is 29.9 Å².